The Balaban J connectivity index is 2.26. The van der Waals surface area contributed by atoms with Gasteiger partial charge in [0.2, 0.25) is 0 Å². The van der Waals surface area contributed by atoms with Gasteiger partial charge in [-0.2, -0.15) is 0 Å². The summed E-state index contributed by atoms with van der Waals surface area (Å²) in [5.74, 6) is 0. The highest BCUT2D eigenvalue weighted by atomic mass is 79.9. The van der Waals surface area contributed by atoms with Gasteiger partial charge in [0.25, 0.3) is 5.69 Å². The molecule has 1 fully saturated rings. The average molecular weight is 315 g/mol. The first-order chi connectivity index (χ1) is 8.59. The van der Waals surface area contributed by atoms with Gasteiger partial charge in [-0.05, 0) is 31.9 Å². The van der Waals surface area contributed by atoms with Gasteiger partial charge in [0.05, 0.1) is 4.92 Å². The van der Waals surface area contributed by atoms with E-state index >= 15 is 0 Å². The third-order valence-corrected chi connectivity index (χ3v) is 3.99. The van der Waals surface area contributed by atoms with Crippen molar-refractivity contribution >= 4 is 27.3 Å². The molecule has 1 saturated heterocycles. The Hall–Kier alpha value is -1.14. The molecule has 0 aliphatic carbocycles. The first-order valence-electron chi connectivity index (χ1n) is 5.87. The van der Waals surface area contributed by atoms with Gasteiger partial charge >= 0.3 is 0 Å². The number of halogens is 1. The standard InChI is InChI=1S/C12H15BrN2O3/c1-8-10(13)2-3-11(12(8)15(16)17)14-9-4-6-18-7-5-9/h2-3,9,14H,4-7H2,1H3. The molecule has 0 bridgehead atoms. The van der Waals surface area contributed by atoms with Crippen molar-refractivity contribution in [3.8, 4) is 0 Å². The van der Waals surface area contributed by atoms with Crippen LogP contribution in [0.3, 0.4) is 0 Å². The van der Waals surface area contributed by atoms with Gasteiger partial charge in [-0.1, -0.05) is 15.9 Å². The van der Waals surface area contributed by atoms with Crippen LogP contribution in [0.4, 0.5) is 11.4 Å². The van der Waals surface area contributed by atoms with Gasteiger partial charge in [-0.25, -0.2) is 0 Å². The van der Waals surface area contributed by atoms with E-state index in [1.807, 2.05) is 6.07 Å². The van der Waals surface area contributed by atoms with Crippen LogP contribution in [0.5, 0.6) is 0 Å². The monoisotopic (exact) mass is 314 g/mol. The summed E-state index contributed by atoms with van der Waals surface area (Å²) >= 11 is 3.32. The smallest absolute Gasteiger partial charge is 0.296 e. The molecular formula is C12H15BrN2O3. The largest absolute Gasteiger partial charge is 0.381 e. The van der Waals surface area contributed by atoms with E-state index in [0.29, 0.717) is 24.5 Å². The van der Waals surface area contributed by atoms with Crippen molar-refractivity contribution in [3.05, 3.63) is 32.3 Å². The van der Waals surface area contributed by atoms with E-state index in [2.05, 4.69) is 21.2 Å². The highest BCUT2D eigenvalue weighted by molar-refractivity contribution is 9.10. The van der Waals surface area contributed by atoms with Crippen LogP contribution in [0.25, 0.3) is 0 Å². The Morgan fingerprint density at radius 3 is 2.72 bits per heavy atom. The molecule has 1 N–H and O–H groups in total. The summed E-state index contributed by atoms with van der Waals surface area (Å²) in [5.41, 5.74) is 1.39. The molecule has 0 saturated carbocycles. The molecule has 1 aliphatic heterocycles. The summed E-state index contributed by atoms with van der Waals surface area (Å²) in [6.07, 6.45) is 1.76. The molecule has 1 heterocycles. The van der Waals surface area contributed by atoms with Crippen molar-refractivity contribution in [3.63, 3.8) is 0 Å². The van der Waals surface area contributed by atoms with Crippen molar-refractivity contribution in [2.45, 2.75) is 25.8 Å². The SMILES string of the molecule is Cc1c(Br)ccc(NC2CCOCC2)c1[N+](=O)[O-]. The van der Waals surface area contributed by atoms with E-state index in [1.165, 1.54) is 0 Å². The molecular weight excluding hydrogens is 300 g/mol. The molecule has 18 heavy (non-hydrogen) atoms. The fourth-order valence-corrected chi connectivity index (χ4v) is 2.41. The van der Waals surface area contributed by atoms with Crippen LogP contribution >= 0.6 is 15.9 Å². The number of anilines is 1. The summed E-state index contributed by atoms with van der Waals surface area (Å²) in [7, 11) is 0. The van der Waals surface area contributed by atoms with Gasteiger partial charge < -0.3 is 10.1 Å². The van der Waals surface area contributed by atoms with E-state index in [-0.39, 0.29) is 16.7 Å². The van der Waals surface area contributed by atoms with Crippen LogP contribution in [0, 0.1) is 17.0 Å². The van der Waals surface area contributed by atoms with E-state index in [9.17, 15) is 10.1 Å². The predicted octanol–water partition coefficient (Wildman–Crippen LogP) is 3.26. The van der Waals surface area contributed by atoms with Crippen LogP contribution in [-0.2, 0) is 4.74 Å². The van der Waals surface area contributed by atoms with Gasteiger partial charge in [0.1, 0.15) is 5.69 Å². The molecule has 0 spiro atoms. The fourth-order valence-electron chi connectivity index (χ4n) is 2.09. The van der Waals surface area contributed by atoms with E-state index in [1.54, 1.807) is 13.0 Å². The van der Waals surface area contributed by atoms with E-state index < -0.39 is 0 Å². The number of ether oxygens (including phenoxy) is 1. The Morgan fingerprint density at radius 2 is 2.11 bits per heavy atom. The first kappa shape index (κ1) is 13.3. The summed E-state index contributed by atoms with van der Waals surface area (Å²) in [4.78, 5) is 10.8. The topological polar surface area (TPSA) is 64.4 Å². The minimum atomic E-state index is -0.332. The Morgan fingerprint density at radius 1 is 1.44 bits per heavy atom. The average Bonchev–Trinajstić information content (AvgIpc) is 2.35. The lowest BCUT2D eigenvalue weighted by molar-refractivity contribution is -0.384. The number of nitrogens with zero attached hydrogens (tertiary/aromatic N) is 1. The third-order valence-electron chi connectivity index (χ3n) is 3.13. The molecule has 0 amide bonds. The number of hydrogen-bond acceptors (Lipinski definition) is 4. The predicted molar refractivity (Wildman–Crippen MR) is 73.0 cm³/mol. The van der Waals surface area contributed by atoms with Crippen molar-refractivity contribution in [2.24, 2.45) is 0 Å². The highest BCUT2D eigenvalue weighted by Crippen LogP contribution is 2.34. The molecule has 0 atom stereocenters. The minimum Gasteiger partial charge on any atom is -0.381 e. The molecule has 1 aromatic carbocycles. The number of benzene rings is 1. The molecule has 0 unspecified atom stereocenters. The molecule has 98 valence electrons. The number of nitro benzene ring substituents is 1. The molecule has 6 heteroatoms. The maximum absolute atomic E-state index is 11.2. The summed E-state index contributed by atoms with van der Waals surface area (Å²) in [5, 5.41) is 14.4. The van der Waals surface area contributed by atoms with Crippen LogP contribution in [0.1, 0.15) is 18.4 Å². The number of rotatable bonds is 3. The van der Waals surface area contributed by atoms with Crippen LogP contribution in [0.2, 0.25) is 0 Å². The van der Waals surface area contributed by atoms with Crippen LogP contribution in [-0.4, -0.2) is 24.2 Å². The maximum Gasteiger partial charge on any atom is 0.296 e. The van der Waals surface area contributed by atoms with Crippen LogP contribution in [0.15, 0.2) is 16.6 Å². The minimum absolute atomic E-state index is 0.149. The van der Waals surface area contributed by atoms with Crippen molar-refractivity contribution in [1.29, 1.82) is 0 Å². The highest BCUT2D eigenvalue weighted by Gasteiger charge is 2.22. The summed E-state index contributed by atoms with van der Waals surface area (Å²) in [6, 6.07) is 3.84. The Labute approximate surface area is 114 Å². The van der Waals surface area contributed by atoms with Crippen LogP contribution < -0.4 is 5.32 Å². The van der Waals surface area contributed by atoms with Crippen molar-refractivity contribution < 1.29 is 9.66 Å². The maximum atomic E-state index is 11.2. The number of nitrogens with one attached hydrogen (secondary N) is 1. The van der Waals surface area contributed by atoms with Gasteiger partial charge in [0.15, 0.2) is 0 Å². The second-order valence-corrected chi connectivity index (χ2v) is 5.21. The van der Waals surface area contributed by atoms with Gasteiger partial charge in [0, 0.05) is 29.3 Å². The zero-order valence-electron chi connectivity index (χ0n) is 10.1. The third kappa shape index (κ3) is 2.81. The number of nitro groups is 1. The molecule has 2 rings (SSSR count). The van der Waals surface area contributed by atoms with Gasteiger partial charge in [-0.3, -0.25) is 10.1 Å². The summed E-state index contributed by atoms with van der Waals surface area (Å²) in [6.45, 7) is 3.17. The zero-order valence-corrected chi connectivity index (χ0v) is 11.7. The second kappa shape index (κ2) is 5.67. The lowest BCUT2D eigenvalue weighted by Crippen LogP contribution is -2.28. The van der Waals surface area contributed by atoms with Crippen molar-refractivity contribution in [2.75, 3.05) is 18.5 Å². The lowest BCUT2D eigenvalue weighted by Gasteiger charge is -2.24. The molecule has 1 aliphatic rings. The second-order valence-electron chi connectivity index (χ2n) is 4.36. The summed E-state index contributed by atoms with van der Waals surface area (Å²) < 4.78 is 6.03. The normalized spacial score (nSPS) is 16.6. The quantitative estimate of drug-likeness (QED) is 0.687. The Kier molecular flexibility index (Phi) is 4.19. The fraction of sp³-hybridized carbons (Fsp3) is 0.500. The van der Waals surface area contributed by atoms with Crippen molar-refractivity contribution in [1.82, 2.24) is 0 Å². The molecule has 0 radical (unpaired) electrons. The lowest BCUT2D eigenvalue weighted by atomic mass is 10.1. The molecule has 5 nitrogen and oxygen atoms in total. The zero-order chi connectivity index (χ0) is 13.1. The van der Waals surface area contributed by atoms with E-state index in [4.69, 9.17) is 4.74 Å². The van der Waals surface area contributed by atoms with Gasteiger partial charge in [-0.15, -0.1) is 0 Å². The number of hydrogen-bond donors (Lipinski definition) is 1. The molecule has 0 aromatic heterocycles. The molecule has 1 aromatic rings. The Bertz CT molecular complexity index is 459. The van der Waals surface area contributed by atoms with E-state index in [0.717, 1.165) is 17.3 Å². The first-order valence-corrected chi connectivity index (χ1v) is 6.66.